The summed E-state index contributed by atoms with van der Waals surface area (Å²) in [5, 5.41) is 23.7. The maximum Gasteiger partial charge on any atom is 0.353 e. The fraction of sp³-hybridized carbons (Fsp3) is 0. The van der Waals surface area contributed by atoms with E-state index in [0.29, 0.717) is 19.9 Å². The van der Waals surface area contributed by atoms with Crippen LogP contribution in [0, 0.1) is 10.4 Å². The Bertz CT molecular complexity index is 400. The van der Waals surface area contributed by atoms with Crippen LogP contribution in [-0.4, -0.2) is 4.98 Å². The third kappa shape index (κ3) is 0.874. The first-order valence-electron chi connectivity index (χ1n) is 2.83. The smallest absolute Gasteiger partial charge is 0.353 e. The number of fused-ring (bicyclic) bond motifs is 1. The Morgan fingerprint density at radius 2 is 2.27 bits per heavy atom. The molecule has 2 heterocycles. The van der Waals surface area contributed by atoms with Crippen LogP contribution < -0.4 is 8.85 Å². The quantitative estimate of drug-likeness (QED) is 0.396. The number of hydrogen-bond acceptors (Lipinski definition) is 4. The molecule has 11 heavy (non-hydrogen) atoms. The molecule has 0 spiro atoms. The summed E-state index contributed by atoms with van der Waals surface area (Å²) in [5.41, 5.74) is 0.294. The fourth-order valence-electron chi connectivity index (χ4n) is 0.805. The topological polar surface area (TPSA) is 66.8 Å². The molecule has 0 aliphatic rings. The van der Waals surface area contributed by atoms with E-state index in [1.165, 1.54) is 6.20 Å². The zero-order valence-corrected chi connectivity index (χ0v) is 6.11. The highest BCUT2D eigenvalue weighted by atomic mass is 32.1. The molecule has 0 aliphatic heterocycles. The lowest BCUT2D eigenvalue weighted by molar-refractivity contribution is -0.608. The van der Waals surface area contributed by atoms with Gasteiger partial charge >= 0.3 is 5.65 Å². The van der Waals surface area contributed by atoms with E-state index in [4.69, 9.17) is 0 Å². The lowest BCUT2D eigenvalue weighted by atomic mass is 10.5. The summed E-state index contributed by atoms with van der Waals surface area (Å²) >= 11 is 0.973. The van der Waals surface area contributed by atoms with Crippen LogP contribution in [0.4, 0.5) is 0 Å². The zero-order chi connectivity index (χ0) is 7.84. The monoisotopic (exact) mass is 169 g/mol. The molecule has 0 saturated carbocycles. The van der Waals surface area contributed by atoms with Crippen LogP contribution >= 0.6 is 11.5 Å². The van der Waals surface area contributed by atoms with E-state index >= 15 is 0 Å². The van der Waals surface area contributed by atoms with Crippen molar-refractivity contribution in [3.63, 3.8) is 0 Å². The minimum atomic E-state index is 0.294. The van der Waals surface area contributed by atoms with E-state index in [-0.39, 0.29) is 0 Å². The van der Waals surface area contributed by atoms with Crippen LogP contribution in [0.1, 0.15) is 0 Å². The third-order valence-electron chi connectivity index (χ3n) is 1.27. The summed E-state index contributed by atoms with van der Waals surface area (Å²) in [5.74, 6) is 0. The molecule has 0 N–H and O–H groups in total. The largest absolute Gasteiger partial charge is 0.711 e. The number of rotatable bonds is 0. The van der Waals surface area contributed by atoms with Crippen molar-refractivity contribution in [2.45, 2.75) is 0 Å². The summed E-state index contributed by atoms with van der Waals surface area (Å²) in [6, 6.07) is 0. The minimum absolute atomic E-state index is 0.294. The molecule has 0 unspecified atom stereocenters. The van der Waals surface area contributed by atoms with Crippen molar-refractivity contribution >= 4 is 22.6 Å². The van der Waals surface area contributed by atoms with E-state index in [1.807, 2.05) is 0 Å². The summed E-state index contributed by atoms with van der Waals surface area (Å²) in [6.07, 6.45) is 2.37. The van der Waals surface area contributed by atoms with Gasteiger partial charge in [0.1, 0.15) is 11.6 Å². The van der Waals surface area contributed by atoms with E-state index < -0.39 is 0 Å². The van der Waals surface area contributed by atoms with Crippen molar-refractivity contribution in [3.05, 3.63) is 28.3 Å². The van der Waals surface area contributed by atoms with E-state index in [1.54, 1.807) is 5.38 Å². The minimum Gasteiger partial charge on any atom is -0.711 e. The third-order valence-corrected chi connectivity index (χ3v) is 1.99. The molecule has 0 bridgehead atoms. The molecular weight excluding hydrogens is 166 g/mol. The van der Waals surface area contributed by atoms with Gasteiger partial charge in [-0.05, 0) is 4.98 Å². The Labute approximate surface area is 65.5 Å². The van der Waals surface area contributed by atoms with Gasteiger partial charge < -0.3 is 10.4 Å². The van der Waals surface area contributed by atoms with Gasteiger partial charge in [0.15, 0.2) is 0 Å². The zero-order valence-electron chi connectivity index (χ0n) is 5.30. The number of aromatic nitrogens is 3. The van der Waals surface area contributed by atoms with E-state index in [0.717, 1.165) is 17.9 Å². The molecule has 2 aromatic rings. The Morgan fingerprint density at radius 1 is 1.45 bits per heavy atom. The van der Waals surface area contributed by atoms with Gasteiger partial charge in [-0.3, -0.25) is 0 Å². The fourth-order valence-corrected chi connectivity index (χ4v) is 1.43. The summed E-state index contributed by atoms with van der Waals surface area (Å²) in [6.45, 7) is 0. The van der Waals surface area contributed by atoms with Gasteiger partial charge in [0.25, 0.3) is 6.33 Å². The van der Waals surface area contributed by atoms with Crippen molar-refractivity contribution in [2.75, 3.05) is 0 Å². The van der Waals surface area contributed by atoms with E-state index in [2.05, 4.69) is 4.98 Å². The number of nitrogens with zero attached hydrogens (tertiary/aromatic N) is 3. The summed E-state index contributed by atoms with van der Waals surface area (Å²) in [7, 11) is 0. The van der Waals surface area contributed by atoms with Gasteiger partial charge in [-0.1, -0.05) is 0 Å². The predicted molar refractivity (Wildman–Crippen MR) is 37.5 cm³/mol. The molecule has 0 atom stereocenters. The van der Waals surface area contributed by atoms with Crippen LogP contribution in [0.5, 0.6) is 0 Å². The molecule has 2 aromatic heterocycles. The van der Waals surface area contributed by atoms with Gasteiger partial charge in [0.05, 0.1) is 5.38 Å². The SMILES string of the molecule is [O-][n+]1cnc2c(cs[n+]2[O-])c1. The van der Waals surface area contributed by atoms with Crippen molar-refractivity contribution < 1.29 is 8.85 Å². The second-order valence-electron chi connectivity index (χ2n) is 1.99. The van der Waals surface area contributed by atoms with Crippen LogP contribution in [-0.2, 0) is 0 Å². The first kappa shape index (κ1) is 6.29. The summed E-state index contributed by atoms with van der Waals surface area (Å²) < 4.78 is 1.23. The predicted octanol–water partition coefficient (Wildman–Crippen LogP) is -0.437. The highest BCUT2D eigenvalue weighted by molar-refractivity contribution is 7.00. The first-order valence-corrected chi connectivity index (χ1v) is 3.67. The van der Waals surface area contributed by atoms with Crippen LogP contribution in [0.25, 0.3) is 11.0 Å². The highest BCUT2D eigenvalue weighted by Gasteiger charge is 2.07. The Balaban J connectivity index is 2.86. The van der Waals surface area contributed by atoms with Crippen LogP contribution in [0.15, 0.2) is 17.9 Å². The standard InChI is InChI=1S/C5H3N3O2S/c9-7-1-4-2-11-8(10)5(4)6-3-7/h1-3H. The lowest BCUT2D eigenvalue weighted by Crippen LogP contribution is -2.28. The molecule has 0 aliphatic carbocycles. The van der Waals surface area contributed by atoms with Crippen LogP contribution in [0.3, 0.4) is 0 Å². The normalized spacial score (nSPS) is 10.5. The molecule has 0 fully saturated rings. The van der Waals surface area contributed by atoms with E-state index in [9.17, 15) is 10.4 Å². The molecular formula is C5H3N3O2S. The second-order valence-corrected chi connectivity index (χ2v) is 2.77. The molecule has 0 amide bonds. The van der Waals surface area contributed by atoms with Crippen LogP contribution in [0.2, 0.25) is 0 Å². The van der Waals surface area contributed by atoms with Crippen molar-refractivity contribution in [1.29, 1.82) is 0 Å². The average Bonchev–Trinajstić information content (AvgIpc) is 2.32. The molecule has 0 radical (unpaired) electrons. The van der Waals surface area contributed by atoms with Crippen molar-refractivity contribution in [1.82, 2.24) is 4.98 Å². The molecule has 0 aromatic carbocycles. The van der Waals surface area contributed by atoms with Gasteiger partial charge in [-0.2, -0.15) is 4.12 Å². The Morgan fingerprint density at radius 3 is 3.09 bits per heavy atom. The molecule has 6 heteroatoms. The Kier molecular flexibility index (Phi) is 1.16. The molecule has 5 nitrogen and oxygen atoms in total. The van der Waals surface area contributed by atoms with Gasteiger partial charge in [0.2, 0.25) is 0 Å². The number of hydrogen-bond donors (Lipinski definition) is 0. The second kappa shape index (κ2) is 2.03. The maximum atomic E-state index is 10.9. The van der Waals surface area contributed by atoms with Crippen molar-refractivity contribution in [2.24, 2.45) is 0 Å². The molecule has 0 saturated heterocycles. The maximum absolute atomic E-state index is 10.9. The summed E-state index contributed by atoms with van der Waals surface area (Å²) in [4.78, 5) is 3.65. The lowest BCUT2D eigenvalue weighted by Gasteiger charge is -1.96. The van der Waals surface area contributed by atoms with Gasteiger partial charge in [0, 0.05) is 11.5 Å². The molecule has 56 valence electrons. The molecule has 2 rings (SSSR count). The first-order chi connectivity index (χ1) is 5.27. The average molecular weight is 169 g/mol. The van der Waals surface area contributed by atoms with Crippen molar-refractivity contribution in [3.8, 4) is 0 Å². The van der Waals surface area contributed by atoms with Gasteiger partial charge in [-0.25, -0.2) is 4.73 Å². The Hall–Kier alpha value is -1.43. The van der Waals surface area contributed by atoms with Gasteiger partial charge in [-0.15, -0.1) is 0 Å². The highest BCUT2D eigenvalue weighted by Crippen LogP contribution is 2.05.